The monoisotopic (exact) mass is 414 g/mol. The van der Waals surface area contributed by atoms with Crippen molar-refractivity contribution in [3.63, 3.8) is 0 Å². The molecule has 0 bridgehead atoms. The minimum atomic E-state index is -0.0902. The predicted octanol–water partition coefficient (Wildman–Crippen LogP) is 3.45. The third-order valence-corrected chi connectivity index (χ3v) is 6.47. The van der Waals surface area contributed by atoms with Crippen LogP contribution in [0.3, 0.4) is 0 Å². The summed E-state index contributed by atoms with van der Waals surface area (Å²) in [7, 11) is 0. The van der Waals surface area contributed by atoms with Gasteiger partial charge in [0.2, 0.25) is 0 Å². The number of benzene rings is 1. The van der Waals surface area contributed by atoms with E-state index in [2.05, 4.69) is 51.4 Å². The minimum Gasteiger partial charge on any atom is -0.384 e. The molecular weight excluding hydrogens is 384 g/mol. The quantitative estimate of drug-likeness (QED) is 0.772. The van der Waals surface area contributed by atoms with Crippen molar-refractivity contribution in [2.24, 2.45) is 10.9 Å². The number of aliphatic imine (C=N–C) groups is 1. The van der Waals surface area contributed by atoms with Gasteiger partial charge in [0.05, 0.1) is 0 Å². The third-order valence-electron chi connectivity index (χ3n) is 6.13. The first-order valence-electron chi connectivity index (χ1n) is 10.8. The fraction of sp³-hybridized carbons (Fsp3) is 0.636. The summed E-state index contributed by atoms with van der Waals surface area (Å²) in [5.41, 5.74) is 3.92. The fourth-order valence-electron chi connectivity index (χ4n) is 4.78. The molecule has 3 aliphatic heterocycles. The van der Waals surface area contributed by atoms with Crippen LogP contribution in [0.4, 0.5) is 11.4 Å². The van der Waals surface area contributed by atoms with E-state index in [0.29, 0.717) is 17.7 Å². The molecule has 1 fully saturated rings. The maximum absolute atomic E-state index is 9.54. The van der Waals surface area contributed by atoms with Crippen LogP contribution < -0.4 is 10.6 Å². The molecule has 2 N–H and O–H groups in total. The summed E-state index contributed by atoms with van der Waals surface area (Å²) < 4.78 is 0. The molecule has 3 heterocycles. The van der Waals surface area contributed by atoms with E-state index in [-0.39, 0.29) is 6.17 Å². The Morgan fingerprint density at radius 3 is 2.83 bits per heavy atom. The molecule has 0 spiro atoms. The number of piperazine rings is 1. The number of halogens is 1. The Labute approximate surface area is 178 Å². The Morgan fingerprint density at radius 1 is 1.31 bits per heavy atom. The second-order valence-corrected chi connectivity index (χ2v) is 9.24. The van der Waals surface area contributed by atoms with Crippen LogP contribution in [0.1, 0.15) is 32.3 Å². The van der Waals surface area contributed by atoms with Crippen molar-refractivity contribution in [3.8, 4) is 6.07 Å². The molecular formula is C22H31ClN6. The lowest BCUT2D eigenvalue weighted by Gasteiger charge is -2.41. The Morgan fingerprint density at radius 2 is 2.10 bits per heavy atom. The molecule has 0 aliphatic carbocycles. The van der Waals surface area contributed by atoms with E-state index in [0.717, 1.165) is 68.4 Å². The average molecular weight is 415 g/mol. The van der Waals surface area contributed by atoms with Gasteiger partial charge in [0.15, 0.2) is 0 Å². The molecule has 1 aromatic rings. The summed E-state index contributed by atoms with van der Waals surface area (Å²) in [6.45, 7) is 11.0. The van der Waals surface area contributed by atoms with Crippen molar-refractivity contribution in [1.29, 1.82) is 5.26 Å². The number of hydrogen-bond acceptors (Lipinski definition) is 6. The number of rotatable bonds is 5. The van der Waals surface area contributed by atoms with Crippen LogP contribution in [-0.4, -0.2) is 67.0 Å². The fourth-order valence-corrected chi connectivity index (χ4v) is 5.09. The minimum absolute atomic E-state index is 0.0902. The summed E-state index contributed by atoms with van der Waals surface area (Å²) in [4.78, 5) is 9.77. The molecule has 2 unspecified atom stereocenters. The lowest BCUT2D eigenvalue weighted by atomic mass is 9.98. The number of nitrogens with zero attached hydrogens (tertiary/aromatic N) is 4. The summed E-state index contributed by atoms with van der Waals surface area (Å²) in [6.07, 6.45) is 2.55. The topological polar surface area (TPSA) is 66.7 Å². The first-order valence-corrected chi connectivity index (χ1v) is 11.2. The Bertz CT molecular complexity index is 806. The van der Waals surface area contributed by atoms with E-state index >= 15 is 0 Å². The lowest BCUT2D eigenvalue weighted by Crippen LogP contribution is -2.53. The van der Waals surface area contributed by atoms with Gasteiger partial charge in [-0.15, -0.1) is 0 Å². The molecule has 1 saturated heterocycles. The number of hydrogen-bond donors (Lipinski definition) is 2. The van der Waals surface area contributed by atoms with Crippen molar-refractivity contribution >= 4 is 28.7 Å². The zero-order valence-electron chi connectivity index (χ0n) is 17.4. The Balaban J connectivity index is 1.41. The molecule has 0 amide bonds. The van der Waals surface area contributed by atoms with Gasteiger partial charge in [-0.3, -0.25) is 9.89 Å². The van der Waals surface area contributed by atoms with Gasteiger partial charge < -0.3 is 15.5 Å². The summed E-state index contributed by atoms with van der Waals surface area (Å²) >= 11 is 6.47. The normalized spacial score (nSPS) is 25.3. The first-order chi connectivity index (χ1) is 14.0. The van der Waals surface area contributed by atoms with E-state index < -0.39 is 0 Å². The van der Waals surface area contributed by atoms with Gasteiger partial charge in [-0.2, -0.15) is 5.26 Å². The van der Waals surface area contributed by atoms with Gasteiger partial charge in [-0.1, -0.05) is 25.4 Å². The van der Waals surface area contributed by atoms with Crippen molar-refractivity contribution in [2.75, 3.05) is 49.9 Å². The number of nitriles is 1. The molecule has 29 heavy (non-hydrogen) atoms. The maximum Gasteiger partial charge on any atom is 0.121 e. The van der Waals surface area contributed by atoms with E-state index in [4.69, 9.17) is 11.6 Å². The lowest BCUT2D eigenvalue weighted by molar-refractivity contribution is 0.0843. The van der Waals surface area contributed by atoms with Gasteiger partial charge >= 0.3 is 0 Å². The van der Waals surface area contributed by atoms with Crippen LogP contribution in [0.25, 0.3) is 0 Å². The highest BCUT2D eigenvalue weighted by molar-refractivity contribution is 6.32. The third kappa shape index (κ3) is 4.85. The van der Waals surface area contributed by atoms with Crippen LogP contribution in [0.5, 0.6) is 0 Å². The predicted molar refractivity (Wildman–Crippen MR) is 120 cm³/mol. The summed E-state index contributed by atoms with van der Waals surface area (Å²) in [5.74, 6) is 0.704. The van der Waals surface area contributed by atoms with E-state index in [1.807, 2.05) is 6.07 Å². The highest BCUT2D eigenvalue weighted by atomic mass is 35.5. The number of anilines is 2. The van der Waals surface area contributed by atoms with Crippen LogP contribution in [0.2, 0.25) is 5.02 Å². The maximum atomic E-state index is 9.54. The van der Waals surface area contributed by atoms with Crippen LogP contribution in [-0.2, 0) is 6.42 Å². The van der Waals surface area contributed by atoms with Gasteiger partial charge in [0.1, 0.15) is 17.9 Å². The molecule has 4 rings (SSSR count). The molecule has 156 valence electrons. The highest BCUT2D eigenvalue weighted by Crippen LogP contribution is 2.34. The number of nitrogens with one attached hydrogen (secondary N) is 2. The molecule has 0 saturated carbocycles. The number of fused-ring (bicyclic) bond motifs is 1. The zero-order valence-corrected chi connectivity index (χ0v) is 18.2. The van der Waals surface area contributed by atoms with Gasteiger partial charge in [0.25, 0.3) is 0 Å². The second kappa shape index (κ2) is 8.91. The van der Waals surface area contributed by atoms with Crippen LogP contribution in [0, 0.1) is 17.2 Å². The molecule has 0 radical (unpaired) electrons. The molecule has 0 aromatic heterocycles. The van der Waals surface area contributed by atoms with Gasteiger partial charge in [0, 0.05) is 74.5 Å². The van der Waals surface area contributed by atoms with Crippen molar-refractivity contribution in [2.45, 2.75) is 45.3 Å². The smallest absolute Gasteiger partial charge is 0.121 e. The van der Waals surface area contributed by atoms with E-state index in [1.165, 1.54) is 12.1 Å². The van der Waals surface area contributed by atoms with Crippen LogP contribution in [0.15, 0.2) is 17.1 Å². The Hall–Kier alpha value is -1.81. The average Bonchev–Trinajstić information content (AvgIpc) is 3.17. The summed E-state index contributed by atoms with van der Waals surface area (Å²) in [5, 5.41) is 17.2. The van der Waals surface area contributed by atoms with Crippen LogP contribution >= 0.6 is 11.6 Å². The van der Waals surface area contributed by atoms with E-state index in [1.54, 1.807) is 0 Å². The van der Waals surface area contributed by atoms with Gasteiger partial charge in [-0.25, -0.2) is 0 Å². The first kappa shape index (κ1) is 20.5. The molecule has 6 nitrogen and oxygen atoms in total. The summed E-state index contributed by atoms with van der Waals surface area (Å²) in [6, 6.07) is 6.78. The van der Waals surface area contributed by atoms with E-state index in [9.17, 15) is 5.26 Å². The zero-order chi connectivity index (χ0) is 20.4. The SMILES string of the molecule is CC(C)CN1CCN(C2CC(C#N)=NC(Nc3cc(Cl)c4c(c3)NCC4)C2)CC1. The van der Waals surface area contributed by atoms with Crippen molar-refractivity contribution in [1.82, 2.24) is 9.80 Å². The Kier molecular flexibility index (Phi) is 6.29. The molecule has 7 heteroatoms. The molecule has 1 aromatic carbocycles. The van der Waals surface area contributed by atoms with Crippen molar-refractivity contribution in [3.05, 3.63) is 22.7 Å². The molecule has 3 aliphatic rings. The standard InChI is InChI=1S/C22H31ClN6/c1-15(2)14-28-5-7-29(8-6-28)18-9-17(13-24)27-22(12-18)26-16-10-20(23)19-3-4-25-21(19)11-16/h10-11,15,18,22,25-26H,3-9,12,14H2,1-2H3. The second-order valence-electron chi connectivity index (χ2n) is 8.83. The highest BCUT2D eigenvalue weighted by Gasteiger charge is 2.31. The van der Waals surface area contributed by atoms with Gasteiger partial charge in [-0.05, 0) is 30.0 Å². The largest absolute Gasteiger partial charge is 0.384 e. The van der Waals surface area contributed by atoms with Crippen molar-refractivity contribution < 1.29 is 0 Å². The molecule has 2 atom stereocenters.